The minimum Gasteiger partial charge on any atom is -0.484 e. The third-order valence-electron chi connectivity index (χ3n) is 6.03. The lowest BCUT2D eigenvalue weighted by molar-refractivity contribution is -0.122. The molecule has 0 unspecified atom stereocenters. The van der Waals surface area contributed by atoms with Gasteiger partial charge in [0.1, 0.15) is 11.3 Å². The number of anilines is 2. The van der Waals surface area contributed by atoms with Gasteiger partial charge < -0.3 is 10.1 Å². The number of hydrogen-bond donors (Lipinski definition) is 2. The van der Waals surface area contributed by atoms with Crippen LogP contribution >= 0.6 is 12.2 Å². The highest BCUT2D eigenvalue weighted by atomic mass is 32.1. The smallest absolute Gasteiger partial charge is 0.270 e. The van der Waals surface area contributed by atoms with E-state index in [0.717, 1.165) is 23.1 Å². The summed E-state index contributed by atoms with van der Waals surface area (Å²) < 4.78 is 5.65. The zero-order chi connectivity index (χ0) is 26.5. The molecule has 1 saturated heterocycles. The maximum Gasteiger partial charge on any atom is 0.270 e. The quantitative estimate of drug-likeness (QED) is 0.271. The second-order valence-corrected chi connectivity index (χ2v) is 9.07. The molecule has 2 N–H and O–H groups in total. The van der Waals surface area contributed by atoms with Gasteiger partial charge in [0.15, 0.2) is 11.7 Å². The van der Waals surface area contributed by atoms with Crippen molar-refractivity contribution < 1.29 is 19.1 Å². The van der Waals surface area contributed by atoms with Crippen LogP contribution in [0.3, 0.4) is 0 Å². The number of nitrogens with one attached hydrogen (secondary N) is 2. The first-order valence-electron chi connectivity index (χ1n) is 11.9. The molecule has 4 rings (SSSR count). The molecular formula is C29H27N3O4S. The Morgan fingerprint density at radius 1 is 1.03 bits per heavy atom. The first-order chi connectivity index (χ1) is 17.7. The van der Waals surface area contributed by atoms with Gasteiger partial charge in [0.05, 0.1) is 5.69 Å². The summed E-state index contributed by atoms with van der Waals surface area (Å²) in [5.41, 5.74) is 5.13. The van der Waals surface area contributed by atoms with Gasteiger partial charge in [0, 0.05) is 5.69 Å². The van der Waals surface area contributed by atoms with Crippen LogP contribution in [-0.2, 0) is 20.8 Å². The Morgan fingerprint density at radius 3 is 2.49 bits per heavy atom. The van der Waals surface area contributed by atoms with Crippen molar-refractivity contribution in [3.05, 3.63) is 94.6 Å². The monoisotopic (exact) mass is 513 g/mol. The normalized spacial score (nSPS) is 14.5. The molecular weight excluding hydrogens is 486 g/mol. The van der Waals surface area contributed by atoms with Crippen molar-refractivity contribution in [2.75, 3.05) is 16.8 Å². The fraction of sp³-hybridized carbons (Fsp3) is 0.172. The average Bonchev–Trinajstić information content (AvgIpc) is 2.88. The summed E-state index contributed by atoms with van der Waals surface area (Å²) >= 11 is 5.27. The van der Waals surface area contributed by atoms with Gasteiger partial charge in [-0.15, -0.1) is 0 Å². The molecule has 1 aliphatic heterocycles. The molecule has 1 fully saturated rings. The summed E-state index contributed by atoms with van der Waals surface area (Å²) in [4.78, 5) is 39.5. The Balaban J connectivity index is 1.47. The summed E-state index contributed by atoms with van der Waals surface area (Å²) in [5.74, 6) is -0.963. The van der Waals surface area contributed by atoms with Crippen LogP contribution in [0.2, 0.25) is 0 Å². The van der Waals surface area contributed by atoms with E-state index < -0.39 is 11.8 Å². The first-order valence-corrected chi connectivity index (χ1v) is 12.3. The number of hydrogen-bond acceptors (Lipinski definition) is 5. The molecule has 3 aromatic rings. The van der Waals surface area contributed by atoms with E-state index in [1.54, 1.807) is 36.4 Å². The van der Waals surface area contributed by atoms with E-state index in [1.807, 2.05) is 51.1 Å². The Labute approximate surface area is 221 Å². The summed E-state index contributed by atoms with van der Waals surface area (Å²) in [6, 6.07) is 19.9. The van der Waals surface area contributed by atoms with E-state index in [9.17, 15) is 14.4 Å². The maximum atomic E-state index is 13.2. The SMILES string of the molecule is CCc1ccc(N2C(=O)/C(=C/c3cccc(OCC(=O)Nc4ccc(C)c(C)c4)c3)C(=O)NC2=S)cc1. The van der Waals surface area contributed by atoms with Crippen molar-refractivity contribution in [1.29, 1.82) is 0 Å². The molecule has 0 aromatic heterocycles. The van der Waals surface area contributed by atoms with Gasteiger partial charge in [-0.2, -0.15) is 0 Å². The molecule has 0 atom stereocenters. The van der Waals surface area contributed by atoms with Crippen molar-refractivity contribution in [3.63, 3.8) is 0 Å². The van der Waals surface area contributed by atoms with Gasteiger partial charge in [0.2, 0.25) is 0 Å². The molecule has 0 bridgehead atoms. The minimum atomic E-state index is -0.574. The number of amides is 3. The molecule has 0 spiro atoms. The molecule has 0 saturated carbocycles. The second-order valence-electron chi connectivity index (χ2n) is 8.69. The number of aryl methyl sites for hydroxylation is 3. The molecule has 3 amide bonds. The second kappa shape index (κ2) is 11.2. The first kappa shape index (κ1) is 25.8. The van der Waals surface area contributed by atoms with E-state index >= 15 is 0 Å². The topological polar surface area (TPSA) is 87.7 Å². The van der Waals surface area contributed by atoms with E-state index in [4.69, 9.17) is 17.0 Å². The Hall–Kier alpha value is -4.30. The lowest BCUT2D eigenvalue weighted by Crippen LogP contribution is -2.54. The van der Waals surface area contributed by atoms with E-state index in [-0.39, 0.29) is 23.2 Å². The summed E-state index contributed by atoms with van der Waals surface area (Å²) in [5, 5.41) is 5.43. The highest BCUT2D eigenvalue weighted by Gasteiger charge is 2.34. The zero-order valence-corrected chi connectivity index (χ0v) is 21.6. The van der Waals surface area contributed by atoms with Crippen LogP contribution in [0.25, 0.3) is 6.08 Å². The van der Waals surface area contributed by atoms with Crippen molar-refractivity contribution in [2.24, 2.45) is 0 Å². The fourth-order valence-electron chi connectivity index (χ4n) is 3.80. The molecule has 1 aliphatic rings. The number of carbonyl (C=O) groups is 3. The van der Waals surface area contributed by atoms with Crippen molar-refractivity contribution in [2.45, 2.75) is 27.2 Å². The van der Waals surface area contributed by atoms with Crippen molar-refractivity contribution >= 4 is 52.5 Å². The van der Waals surface area contributed by atoms with Gasteiger partial charge in [0.25, 0.3) is 17.7 Å². The Bertz CT molecular complexity index is 1410. The molecule has 1 heterocycles. The number of benzene rings is 3. The summed E-state index contributed by atoms with van der Waals surface area (Å²) in [6.45, 7) is 5.84. The summed E-state index contributed by atoms with van der Waals surface area (Å²) in [7, 11) is 0. The van der Waals surface area contributed by atoms with Gasteiger partial charge in [-0.05, 0) is 97.2 Å². The molecule has 0 aliphatic carbocycles. The molecule has 188 valence electrons. The van der Waals surface area contributed by atoms with Gasteiger partial charge in [-0.25, -0.2) is 0 Å². The summed E-state index contributed by atoms with van der Waals surface area (Å²) in [6.07, 6.45) is 2.35. The average molecular weight is 514 g/mol. The van der Waals surface area contributed by atoms with E-state index in [2.05, 4.69) is 10.6 Å². The van der Waals surface area contributed by atoms with Crippen LogP contribution in [0.15, 0.2) is 72.3 Å². The lowest BCUT2D eigenvalue weighted by Gasteiger charge is -2.29. The van der Waals surface area contributed by atoms with E-state index in [0.29, 0.717) is 22.7 Å². The Kier molecular flexibility index (Phi) is 7.79. The fourth-order valence-corrected chi connectivity index (χ4v) is 4.08. The van der Waals surface area contributed by atoms with Gasteiger partial charge in [-0.1, -0.05) is 37.3 Å². The highest BCUT2D eigenvalue weighted by molar-refractivity contribution is 7.80. The third kappa shape index (κ3) is 6.10. The number of ether oxygens (including phenoxy) is 1. The molecule has 3 aromatic carbocycles. The van der Waals surface area contributed by atoms with Crippen molar-refractivity contribution in [3.8, 4) is 5.75 Å². The number of thiocarbonyl (C=S) groups is 1. The van der Waals surface area contributed by atoms with Crippen LogP contribution in [-0.4, -0.2) is 29.4 Å². The zero-order valence-electron chi connectivity index (χ0n) is 20.8. The lowest BCUT2D eigenvalue weighted by atomic mass is 10.1. The van der Waals surface area contributed by atoms with Gasteiger partial charge in [-0.3, -0.25) is 24.6 Å². The van der Waals surface area contributed by atoms with Crippen LogP contribution in [0.5, 0.6) is 5.75 Å². The van der Waals surface area contributed by atoms with Crippen LogP contribution in [0, 0.1) is 13.8 Å². The maximum absolute atomic E-state index is 13.2. The van der Waals surface area contributed by atoms with Crippen LogP contribution < -0.4 is 20.3 Å². The number of nitrogens with zero attached hydrogens (tertiary/aromatic N) is 1. The molecule has 37 heavy (non-hydrogen) atoms. The predicted octanol–water partition coefficient (Wildman–Crippen LogP) is 4.71. The van der Waals surface area contributed by atoms with Crippen LogP contribution in [0.1, 0.15) is 29.2 Å². The number of rotatable bonds is 7. The largest absolute Gasteiger partial charge is 0.484 e. The van der Waals surface area contributed by atoms with Gasteiger partial charge >= 0.3 is 0 Å². The van der Waals surface area contributed by atoms with Crippen LogP contribution in [0.4, 0.5) is 11.4 Å². The Morgan fingerprint density at radius 2 is 1.78 bits per heavy atom. The highest BCUT2D eigenvalue weighted by Crippen LogP contribution is 2.24. The van der Waals surface area contributed by atoms with E-state index in [1.165, 1.54) is 11.0 Å². The third-order valence-corrected chi connectivity index (χ3v) is 6.32. The molecule has 7 nitrogen and oxygen atoms in total. The standard InChI is InChI=1S/C29H27N3O4S/c1-4-20-9-12-23(13-10-20)32-28(35)25(27(34)31-29(32)37)16-21-6-5-7-24(15-21)36-17-26(33)30-22-11-8-18(2)19(3)14-22/h5-16H,4,17H2,1-3H3,(H,30,33)(H,31,34,37)/b25-16+. The molecule has 0 radical (unpaired) electrons. The molecule has 8 heteroatoms. The minimum absolute atomic E-state index is 0.0308. The van der Waals surface area contributed by atoms with Crippen molar-refractivity contribution in [1.82, 2.24) is 5.32 Å². The predicted molar refractivity (Wildman–Crippen MR) is 149 cm³/mol. The number of carbonyl (C=O) groups excluding carboxylic acids is 3.